The van der Waals surface area contributed by atoms with E-state index in [2.05, 4.69) is 69.2 Å². The van der Waals surface area contributed by atoms with Crippen LogP contribution in [0.3, 0.4) is 0 Å². The van der Waals surface area contributed by atoms with Crippen molar-refractivity contribution in [1.29, 1.82) is 0 Å². The maximum absolute atomic E-state index is 2.42. The van der Waals surface area contributed by atoms with Gasteiger partial charge in [0.2, 0.25) is 0 Å². The Hall–Kier alpha value is 1.66. The maximum atomic E-state index is 2.42. The molecular weight excluding hydrogens is 423 g/mol. The summed E-state index contributed by atoms with van der Waals surface area (Å²) in [6.07, 6.45) is 0. The van der Waals surface area contributed by atoms with Gasteiger partial charge in [0.15, 0.2) is 0 Å². The molecule has 0 aromatic heterocycles. The third-order valence-electron chi connectivity index (χ3n) is 2.85. The van der Waals surface area contributed by atoms with Gasteiger partial charge in [0.05, 0.1) is 0 Å². The molecule has 0 saturated heterocycles. The molecule has 0 amide bonds. The van der Waals surface area contributed by atoms with E-state index in [1.54, 1.807) is 0 Å². The molecule has 0 N–H and O–H groups in total. The molecule has 0 rings (SSSR count). The number of rotatable bonds is 5. The Balaban J connectivity index is 0. The van der Waals surface area contributed by atoms with Crippen LogP contribution in [0.2, 0.25) is 19.0 Å². The Morgan fingerprint density at radius 1 is 0.529 bits per heavy atom. The van der Waals surface area contributed by atoms with Crippen molar-refractivity contribution in [3.63, 3.8) is 0 Å². The summed E-state index contributed by atoms with van der Waals surface area (Å²) in [5, 5.41) is 0. The molecule has 0 aromatic carbocycles. The Labute approximate surface area is 129 Å². The van der Waals surface area contributed by atoms with Crippen molar-refractivity contribution in [3.05, 3.63) is 0 Å². The van der Waals surface area contributed by atoms with Crippen LogP contribution < -0.4 is 0 Å². The van der Waals surface area contributed by atoms with Crippen molar-refractivity contribution in [1.82, 2.24) is 0 Å². The van der Waals surface area contributed by atoms with E-state index in [0.29, 0.717) is 20.9 Å². The predicted octanol–water partition coefficient (Wildman–Crippen LogP) is 6.06. The summed E-state index contributed by atoms with van der Waals surface area (Å²) in [5.41, 5.74) is 0. The van der Waals surface area contributed by atoms with Crippen LogP contribution in [0.4, 0.5) is 0 Å². The molecule has 0 aromatic rings. The van der Waals surface area contributed by atoms with Crippen molar-refractivity contribution in [3.8, 4) is 0 Å². The average molecular weight is 458 g/mol. The van der Waals surface area contributed by atoms with Gasteiger partial charge in [-0.2, -0.15) is 0 Å². The van der Waals surface area contributed by atoms with Crippen LogP contribution in [0.25, 0.3) is 0 Å². The fourth-order valence-electron chi connectivity index (χ4n) is 2.85. The fourth-order valence-corrected chi connectivity index (χ4v) is 19.1. The van der Waals surface area contributed by atoms with Gasteiger partial charge >= 0.3 is 131 Å². The second-order valence-corrected chi connectivity index (χ2v) is 27.4. The second-order valence-electron chi connectivity index (χ2n) is 6.54. The molecular formula is C15H35InTe. The molecule has 104 valence electrons. The summed E-state index contributed by atoms with van der Waals surface area (Å²) in [6.45, 7) is 23.8. The van der Waals surface area contributed by atoms with Crippen molar-refractivity contribution in [2.24, 2.45) is 0 Å². The molecule has 0 unspecified atom stereocenters. The van der Waals surface area contributed by atoms with Crippen LogP contribution in [0, 0.1) is 0 Å². The van der Waals surface area contributed by atoms with Gasteiger partial charge in [-0.1, -0.05) is 0 Å². The normalized spacial score (nSPS) is 11.5. The van der Waals surface area contributed by atoms with Crippen molar-refractivity contribution < 1.29 is 0 Å². The third-order valence-corrected chi connectivity index (χ3v) is 19.1. The monoisotopic (exact) mass is 460 g/mol. The molecule has 0 atom stereocenters. The minimum absolute atomic E-state index is 0.350. The first kappa shape index (κ1) is 21.0. The van der Waals surface area contributed by atoms with E-state index in [1.165, 1.54) is 0 Å². The summed E-state index contributed by atoms with van der Waals surface area (Å²) in [5.74, 6) is 0. The molecule has 0 saturated carbocycles. The summed E-state index contributed by atoms with van der Waals surface area (Å²) in [4.78, 5) is 0. The van der Waals surface area contributed by atoms with Gasteiger partial charge in [-0.3, -0.25) is 0 Å². The fraction of sp³-hybridized carbons (Fsp3) is 1.00. The first-order valence-electron chi connectivity index (χ1n) is 7.24. The van der Waals surface area contributed by atoms with E-state index in [4.69, 9.17) is 0 Å². The molecule has 2 heteroatoms. The molecule has 0 fully saturated rings. The summed E-state index contributed by atoms with van der Waals surface area (Å²) in [6, 6.07) is 0. The van der Waals surface area contributed by atoms with Crippen molar-refractivity contribution >= 4 is 42.4 Å². The predicted molar refractivity (Wildman–Crippen MR) is 87.0 cm³/mol. The van der Waals surface area contributed by atoms with E-state index in [9.17, 15) is 0 Å². The van der Waals surface area contributed by atoms with E-state index in [1.807, 2.05) is 0 Å². The molecule has 0 bridgehead atoms. The summed E-state index contributed by atoms with van der Waals surface area (Å²) < 4.78 is 5.14. The van der Waals surface area contributed by atoms with E-state index < -0.39 is 21.4 Å². The molecule has 0 nitrogen and oxygen atoms in total. The topological polar surface area (TPSA) is 0 Å². The van der Waals surface area contributed by atoms with Gasteiger partial charge in [-0.15, -0.1) is 0 Å². The number of hydrogen-bond acceptors (Lipinski definition) is 0. The molecule has 17 heavy (non-hydrogen) atoms. The van der Waals surface area contributed by atoms with Crippen LogP contribution in [-0.2, 0) is 0 Å². The van der Waals surface area contributed by atoms with Gasteiger partial charge in [0, 0.05) is 0 Å². The van der Waals surface area contributed by atoms with Crippen LogP contribution in [0.15, 0.2) is 0 Å². The minimum atomic E-state index is -1.14. The Morgan fingerprint density at radius 3 is 0.765 bits per heavy atom. The Kier molecular flexibility index (Phi) is 14.2. The van der Waals surface area contributed by atoms with E-state index >= 15 is 0 Å². The molecule has 0 aliphatic rings. The molecule has 0 spiro atoms. The van der Waals surface area contributed by atoms with Crippen LogP contribution in [-0.4, -0.2) is 42.4 Å². The average Bonchev–Trinajstić information content (AvgIpc) is 1.97. The Bertz CT molecular complexity index is 137. The van der Waals surface area contributed by atoms with Gasteiger partial charge in [0.25, 0.3) is 0 Å². The molecule has 0 aliphatic heterocycles. The third kappa shape index (κ3) is 13.9. The number of hydrogen-bond donors (Lipinski definition) is 0. The van der Waals surface area contributed by atoms with E-state index in [0.717, 1.165) is 19.0 Å². The van der Waals surface area contributed by atoms with Crippen LogP contribution in [0.1, 0.15) is 69.2 Å². The standard InChI is InChI=1S/C6H14Te.3C3H7.In/c1-5(2)7-6(3)4;3*1-3-2;/h5-6H,1-4H3;3*3H,1-2H3;. The zero-order chi connectivity index (χ0) is 14.2. The first-order chi connectivity index (χ1) is 7.59. The Morgan fingerprint density at radius 2 is 0.765 bits per heavy atom. The van der Waals surface area contributed by atoms with Gasteiger partial charge in [-0.25, -0.2) is 0 Å². The molecule has 0 aliphatic carbocycles. The summed E-state index contributed by atoms with van der Waals surface area (Å²) >= 11 is -0.791. The van der Waals surface area contributed by atoms with Gasteiger partial charge in [0.1, 0.15) is 0 Å². The second kappa shape index (κ2) is 11.5. The SMILES string of the molecule is CC(C)[Te]C(C)C.C[CH](C)[In]([CH](C)C)[CH](C)C. The van der Waals surface area contributed by atoms with E-state index in [-0.39, 0.29) is 0 Å². The van der Waals surface area contributed by atoms with Crippen molar-refractivity contribution in [2.75, 3.05) is 0 Å². The van der Waals surface area contributed by atoms with Crippen LogP contribution in [0.5, 0.6) is 0 Å². The van der Waals surface area contributed by atoms with Crippen molar-refractivity contribution in [2.45, 2.75) is 88.2 Å². The summed E-state index contributed by atoms with van der Waals surface area (Å²) in [7, 11) is 0. The van der Waals surface area contributed by atoms with Gasteiger partial charge in [-0.05, 0) is 0 Å². The van der Waals surface area contributed by atoms with Gasteiger partial charge < -0.3 is 0 Å². The molecule has 0 radical (unpaired) electrons. The van der Waals surface area contributed by atoms with Crippen LogP contribution >= 0.6 is 0 Å². The molecule has 0 heterocycles. The first-order valence-corrected chi connectivity index (χ1v) is 15.6. The quantitative estimate of drug-likeness (QED) is 0.440. The zero-order valence-electron chi connectivity index (χ0n) is 13.9. The zero-order valence-corrected chi connectivity index (χ0v) is 19.5.